The third kappa shape index (κ3) is 7.68. The Morgan fingerprint density at radius 1 is 1.21 bits per heavy atom. The van der Waals surface area contributed by atoms with Crippen molar-refractivity contribution in [3.05, 3.63) is 47.7 Å². The number of hydrogen-bond donors (Lipinski definition) is 5. The van der Waals surface area contributed by atoms with Crippen LogP contribution in [0, 0.1) is 18.3 Å². The lowest BCUT2D eigenvalue weighted by atomic mass is 10.1. The molecule has 0 spiro atoms. The predicted octanol–water partition coefficient (Wildman–Crippen LogP) is 4.58. The lowest BCUT2D eigenvalue weighted by molar-refractivity contribution is -0.000410. The highest BCUT2D eigenvalue weighted by atomic mass is 16.6. The zero-order valence-electron chi connectivity index (χ0n) is 19.9. The number of H-pyrrole nitrogens is 1. The van der Waals surface area contributed by atoms with Crippen LogP contribution in [0.2, 0.25) is 0 Å². The van der Waals surface area contributed by atoms with E-state index < -0.39 is 6.29 Å². The first-order valence-electron chi connectivity index (χ1n) is 11.3. The van der Waals surface area contributed by atoms with Crippen LogP contribution in [0.3, 0.4) is 0 Å². The van der Waals surface area contributed by atoms with Crippen molar-refractivity contribution in [2.75, 3.05) is 25.1 Å². The van der Waals surface area contributed by atoms with E-state index in [2.05, 4.69) is 35.5 Å². The maximum atomic E-state index is 9.40. The second-order valence-electron chi connectivity index (χ2n) is 7.65. The number of nitrogens with two attached hydrogens (primary N) is 1. The average Bonchev–Trinajstić information content (AvgIpc) is 3.10. The molecular weight excluding hydrogens is 418 g/mol. The summed E-state index contributed by atoms with van der Waals surface area (Å²) in [6.45, 7) is 10.6. The summed E-state index contributed by atoms with van der Waals surface area (Å²) in [5.41, 5.74) is 8.54. The number of hydrogen-bond acceptors (Lipinski definition) is 7. The van der Waals surface area contributed by atoms with E-state index in [-0.39, 0.29) is 0 Å². The van der Waals surface area contributed by atoms with Crippen LogP contribution in [0.4, 0.5) is 5.69 Å². The van der Waals surface area contributed by atoms with Gasteiger partial charge in [-0.1, -0.05) is 20.3 Å². The normalized spacial score (nSPS) is 12.8. The Hall–Kier alpha value is -3.25. The molecule has 1 aromatic heterocycles. The van der Waals surface area contributed by atoms with E-state index in [0.29, 0.717) is 29.5 Å². The van der Waals surface area contributed by atoms with E-state index >= 15 is 0 Å². The van der Waals surface area contributed by atoms with Crippen LogP contribution in [0.15, 0.2) is 36.5 Å². The number of fused-ring (bicyclic) bond motifs is 1. The summed E-state index contributed by atoms with van der Waals surface area (Å²) in [7, 11) is 0. The molecule has 0 aliphatic carbocycles. The average molecular weight is 454 g/mol. The van der Waals surface area contributed by atoms with Crippen LogP contribution in [0.5, 0.6) is 17.2 Å². The van der Waals surface area contributed by atoms with Crippen LogP contribution in [-0.4, -0.2) is 36.1 Å². The lowest BCUT2D eigenvalue weighted by Crippen LogP contribution is -2.29. The van der Waals surface area contributed by atoms with Crippen molar-refractivity contribution in [3.8, 4) is 23.3 Å². The fraction of sp³-hybridized carbons (Fsp3) is 0.400. The van der Waals surface area contributed by atoms with Crippen molar-refractivity contribution in [3.63, 3.8) is 0 Å². The first-order chi connectivity index (χ1) is 15.9. The molecule has 4 rings (SSSR count). The molecule has 2 heterocycles. The first-order valence-corrected chi connectivity index (χ1v) is 11.3. The number of aliphatic hydroxyl groups is 1. The van der Waals surface area contributed by atoms with Gasteiger partial charge < -0.3 is 35.9 Å². The maximum absolute atomic E-state index is 9.40. The third-order valence-corrected chi connectivity index (χ3v) is 4.59. The van der Waals surface area contributed by atoms with Gasteiger partial charge in [-0.25, -0.2) is 0 Å². The van der Waals surface area contributed by atoms with Gasteiger partial charge in [-0.3, -0.25) is 0 Å². The van der Waals surface area contributed by atoms with Gasteiger partial charge >= 0.3 is 0 Å². The molecule has 0 amide bonds. The molecule has 178 valence electrons. The Kier molecular flexibility index (Phi) is 10.5. The van der Waals surface area contributed by atoms with E-state index in [0.717, 1.165) is 22.2 Å². The van der Waals surface area contributed by atoms with Crippen molar-refractivity contribution >= 4 is 16.6 Å². The molecule has 1 saturated heterocycles. The van der Waals surface area contributed by atoms with Gasteiger partial charge in [0, 0.05) is 23.3 Å². The molecule has 8 nitrogen and oxygen atoms in total. The number of aliphatic hydroxyl groups excluding tert-OH is 1. The molecular formula is C25H35N5O3. The van der Waals surface area contributed by atoms with Gasteiger partial charge in [-0.05, 0) is 63.2 Å². The second-order valence-corrected chi connectivity index (χ2v) is 7.65. The number of ether oxygens (including phenoxy) is 2. The van der Waals surface area contributed by atoms with Crippen molar-refractivity contribution < 1.29 is 14.6 Å². The third-order valence-electron chi connectivity index (χ3n) is 4.59. The predicted molar refractivity (Wildman–Crippen MR) is 133 cm³/mol. The van der Waals surface area contributed by atoms with Crippen molar-refractivity contribution in [2.24, 2.45) is 5.73 Å². The van der Waals surface area contributed by atoms with E-state index in [1.165, 1.54) is 32.9 Å². The number of nitrogens with one attached hydrogen (secondary N) is 3. The van der Waals surface area contributed by atoms with Crippen LogP contribution >= 0.6 is 0 Å². The Morgan fingerprint density at radius 3 is 2.39 bits per heavy atom. The molecule has 1 aliphatic heterocycles. The van der Waals surface area contributed by atoms with Gasteiger partial charge in [0.2, 0.25) is 0 Å². The quantitative estimate of drug-likeness (QED) is 0.346. The molecule has 8 heteroatoms. The summed E-state index contributed by atoms with van der Waals surface area (Å²) in [6.07, 6.45) is 3.35. The number of aryl methyl sites for hydroxylation is 1. The topological polar surface area (TPSA) is 128 Å². The molecule has 0 bridgehead atoms. The highest BCUT2D eigenvalue weighted by Crippen LogP contribution is 2.35. The van der Waals surface area contributed by atoms with Crippen LogP contribution in [-0.2, 0) is 0 Å². The standard InChI is InChI=1S/C19H20N4O3.C3H7N.C3H8/c1-11-5-14(3-4-16(11)23-10-21)26-19-9-22-17-7-18(25-12(2)24)13(8-20)6-15(17)19;1-2-4-3-1;1-3-2/h3-7,9,12,22-24H,10,21H2,1-2H3;4H,1-3H2;3H2,1-2H3/t12-;;/m0../s1. The molecule has 33 heavy (non-hydrogen) atoms. The number of aromatic amines is 1. The lowest BCUT2D eigenvalue weighted by Gasteiger charge is -2.11. The Balaban J connectivity index is 0.000000477. The first kappa shape index (κ1) is 26.0. The number of aromatic nitrogens is 1. The maximum Gasteiger partial charge on any atom is 0.194 e. The Bertz CT molecular complexity index is 1050. The van der Waals surface area contributed by atoms with Gasteiger partial charge in [0.1, 0.15) is 17.6 Å². The summed E-state index contributed by atoms with van der Waals surface area (Å²) in [6, 6.07) is 11.1. The molecule has 2 aromatic carbocycles. The fourth-order valence-electron chi connectivity index (χ4n) is 2.89. The van der Waals surface area contributed by atoms with Crippen molar-refractivity contribution in [2.45, 2.75) is 46.8 Å². The zero-order valence-corrected chi connectivity index (χ0v) is 19.9. The van der Waals surface area contributed by atoms with Crippen molar-refractivity contribution in [1.29, 1.82) is 5.26 Å². The Morgan fingerprint density at radius 2 is 1.88 bits per heavy atom. The molecule has 1 aliphatic rings. The molecule has 6 N–H and O–H groups in total. The molecule has 1 atom stereocenters. The number of nitrogens with zero attached hydrogens (tertiary/aromatic N) is 1. The van der Waals surface area contributed by atoms with Gasteiger partial charge in [-0.2, -0.15) is 5.26 Å². The minimum Gasteiger partial charge on any atom is -0.464 e. The van der Waals surface area contributed by atoms with E-state index in [4.69, 9.17) is 15.2 Å². The SMILES string of the molecule is C1CNC1.CCC.Cc1cc(Oc2c[nH]c3cc(O[C@@H](C)O)c(C#N)cc23)ccc1NCN. The zero-order chi connectivity index (χ0) is 24.2. The number of rotatable bonds is 6. The largest absolute Gasteiger partial charge is 0.464 e. The van der Waals surface area contributed by atoms with Gasteiger partial charge in [0.15, 0.2) is 12.0 Å². The summed E-state index contributed by atoms with van der Waals surface area (Å²) < 4.78 is 11.3. The monoisotopic (exact) mass is 453 g/mol. The van der Waals surface area contributed by atoms with Gasteiger partial charge in [-0.15, -0.1) is 0 Å². The molecule has 1 fully saturated rings. The van der Waals surface area contributed by atoms with Crippen LogP contribution in [0.1, 0.15) is 44.7 Å². The minimum absolute atomic E-state index is 0.316. The number of nitriles is 1. The summed E-state index contributed by atoms with van der Waals surface area (Å²) in [4.78, 5) is 3.09. The molecule has 0 radical (unpaired) electrons. The van der Waals surface area contributed by atoms with Crippen LogP contribution < -0.4 is 25.8 Å². The Labute approximate surface area is 195 Å². The smallest absolute Gasteiger partial charge is 0.194 e. The van der Waals surface area contributed by atoms with E-state index in [9.17, 15) is 10.4 Å². The van der Waals surface area contributed by atoms with E-state index in [1.54, 1.807) is 18.3 Å². The summed E-state index contributed by atoms with van der Waals surface area (Å²) in [5.74, 6) is 1.59. The molecule has 3 aromatic rings. The highest BCUT2D eigenvalue weighted by molar-refractivity contribution is 5.89. The summed E-state index contributed by atoms with van der Waals surface area (Å²) >= 11 is 0. The number of anilines is 1. The number of benzene rings is 2. The van der Waals surface area contributed by atoms with Gasteiger partial charge in [0.25, 0.3) is 0 Å². The minimum atomic E-state index is -1.01. The highest BCUT2D eigenvalue weighted by Gasteiger charge is 2.13. The second kappa shape index (κ2) is 13.3. The van der Waals surface area contributed by atoms with E-state index in [1.807, 2.05) is 25.1 Å². The van der Waals surface area contributed by atoms with Crippen molar-refractivity contribution in [1.82, 2.24) is 10.3 Å². The van der Waals surface area contributed by atoms with Gasteiger partial charge in [0.05, 0.1) is 17.7 Å². The van der Waals surface area contributed by atoms with Crippen LogP contribution in [0.25, 0.3) is 10.9 Å². The fourth-order valence-corrected chi connectivity index (χ4v) is 2.89. The molecule has 0 saturated carbocycles. The molecule has 0 unspecified atom stereocenters. The summed E-state index contributed by atoms with van der Waals surface area (Å²) in [5, 5.41) is 25.7.